The smallest absolute Gasteiger partial charge is 0.357 e. The number of carbonyl (C=O) groups excluding carboxylic acids is 1. The van der Waals surface area contributed by atoms with Crippen molar-refractivity contribution in [1.29, 1.82) is 0 Å². The lowest BCUT2D eigenvalue weighted by molar-refractivity contribution is 0.0685. The van der Waals surface area contributed by atoms with Gasteiger partial charge in [-0.05, 0) is 12.1 Å². The van der Waals surface area contributed by atoms with Gasteiger partial charge in [0.15, 0.2) is 11.5 Å². The Bertz CT molecular complexity index is 1020. The fourth-order valence-electron chi connectivity index (χ4n) is 2.40. The van der Waals surface area contributed by atoms with Gasteiger partial charge in [-0.2, -0.15) is 10.2 Å². The topological polar surface area (TPSA) is 102 Å². The van der Waals surface area contributed by atoms with Gasteiger partial charge in [0, 0.05) is 35.1 Å². The van der Waals surface area contributed by atoms with E-state index in [1.54, 1.807) is 18.2 Å². The second-order valence-electron chi connectivity index (χ2n) is 5.55. The Balaban J connectivity index is 1.83. The SMILES string of the molecule is Cn1cc(C(=O)Nc2nn(Cc3c(Cl)cccc3Cl)cc2Cl)c(C(=O)O)n1. The van der Waals surface area contributed by atoms with Crippen LogP contribution in [0.4, 0.5) is 5.82 Å². The first-order chi connectivity index (χ1) is 12.8. The summed E-state index contributed by atoms with van der Waals surface area (Å²) in [5, 5.41) is 20.7. The Kier molecular flexibility index (Phi) is 5.41. The molecular weight excluding hydrogens is 417 g/mol. The van der Waals surface area contributed by atoms with Gasteiger partial charge >= 0.3 is 5.97 Å². The molecule has 2 heterocycles. The van der Waals surface area contributed by atoms with Crippen LogP contribution in [0.3, 0.4) is 0 Å². The number of benzene rings is 1. The molecule has 0 saturated carbocycles. The van der Waals surface area contributed by atoms with Gasteiger partial charge in [0.1, 0.15) is 5.02 Å². The number of amides is 1. The molecule has 8 nitrogen and oxygen atoms in total. The van der Waals surface area contributed by atoms with Crippen molar-refractivity contribution in [3.05, 3.63) is 62.5 Å². The van der Waals surface area contributed by atoms with Gasteiger partial charge in [0.25, 0.3) is 5.91 Å². The molecule has 0 bridgehead atoms. The molecule has 3 aromatic rings. The molecule has 27 heavy (non-hydrogen) atoms. The van der Waals surface area contributed by atoms with Crippen LogP contribution < -0.4 is 5.32 Å². The average Bonchev–Trinajstić information content (AvgIpc) is 3.14. The lowest BCUT2D eigenvalue weighted by atomic mass is 10.2. The largest absolute Gasteiger partial charge is 0.476 e. The highest BCUT2D eigenvalue weighted by molar-refractivity contribution is 6.36. The van der Waals surface area contributed by atoms with Gasteiger partial charge in [0.2, 0.25) is 0 Å². The summed E-state index contributed by atoms with van der Waals surface area (Å²) in [5.74, 6) is -1.93. The monoisotopic (exact) mass is 427 g/mol. The Morgan fingerprint density at radius 3 is 2.41 bits per heavy atom. The fourth-order valence-corrected chi connectivity index (χ4v) is 3.11. The van der Waals surface area contributed by atoms with E-state index >= 15 is 0 Å². The number of aromatic carboxylic acids is 1. The number of carbonyl (C=O) groups is 2. The third-order valence-corrected chi connectivity index (χ3v) is 4.59. The van der Waals surface area contributed by atoms with Crippen molar-refractivity contribution in [3.8, 4) is 0 Å². The number of aryl methyl sites for hydroxylation is 1. The summed E-state index contributed by atoms with van der Waals surface area (Å²) in [6.07, 6.45) is 2.80. The maximum atomic E-state index is 12.4. The van der Waals surface area contributed by atoms with Crippen molar-refractivity contribution in [1.82, 2.24) is 19.6 Å². The minimum atomic E-state index is -1.31. The molecule has 1 amide bonds. The van der Waals surface area contributed by atoms with E-state index in [9.17, 15) is 9.59 Å². The molecule has 0 aliphatic rings. The Morgan fingerprint density at radius 1 is 1.11 bits per heavy atom. The Morgan fingerprint density at radius 2 is 1.78 bits per heavy atom. The van der Waals surface area contributed by atoms with Gasteiger partial charge in [0.05, 0.1) is 12.1 Å². The van der Waals surface area contributed by atoms with Crippen LogP contribution in [0.2, 0.25) is 15.1 Å². The zero-order chi connectivity index (χ0) is 19.7. The molecule has 2 aromatic heterocycles. The summed E-state index contributed by atoms with van der Waals surface area (Å²) < 4.78 is 2.70. The summed E-state index contributed by atoms with van der Waals surface area (Å²) in [6, 6.07) is 5.13. The van der Waals surface area contributed by atoms with Crippen LogP contribution in [-0.4, -0.2) is 36.5 Å². The number of hydrogen-bond acceptors (Lipinski definition) is 4. The van der Waals surface area contributed by atoms with Crippen molar-refractivity contribution in [2.45, 2.75) is 6.54 Å². The third kappa shape index (κ3) is 4.08. The van der Waals surface area contributed by atoms with Crippen molar-refractivity contribution < 1.29 is 14.7 Å². The lowest BCUT2D eigenvalue weighted by Gasteiger charge is -2.06. The highest BCUT2D eigenvalue weighted by atomic mass is 35.5. The first-order valence-corrected chi connectivity index (χ1v) is 8.63. The van der Waals surface area contributed by atoms with Crippen LogP contribution in [0.5, 0.6) is 0 Å². The first kappa shape index (κ1) is 19.2. The minimum Gasteiger partial charge on any atom is -0.476 e. The van der Waals surface area contributed by atoms with Crippen LogP contribution in [0.1, 0.15) is 26.4 Å². The van der Waals surface area contributed by atoms with Crippen LogP contribution >= 0.6 is 34.8 Å². The number of carboxylic acid groups (broad SMARTS) is 1. The summed E-state index contributed by atoms with van der Waals surface area (Å²) in [6.45, 7) is 0.237. The minimum absolute atomic E-state index is 0.0741. The molecule has 0 spiro atoms. The van der Waals surface area contributed by atoms with E-state index in [1.807, 2.05) is 0 Å². The van der Waals surface area contributed by atoms with Gasteiger partial charge in [-0.1, -0.05) is 40.9 Å². The lowest BCUT2D eigenvalue weighted by Crippen LogP contribution is -2.16. The van der Waals surface area contributed by atoms with Gasteiger partial charge in [-0.15, -0.1) is 0 Å². The van der Waals surface area contributed by atoms with E-state index in [1.165, 1.54) is 28.8 Å². The predicted octanol–water partition coefficient (Wildman–Crippen LogP) is 3.58. The highest BCUT2D eigenvalue weighted by Crippen LogP contribution is 2.27. The second kappa shape index (κ2) is 7.59. The van der Waals surface area contributed by atoms with Crippen LogP contribution in [0, 0.1) is 0 Å². The molecule has 140 valence electrons. The number of rotatable bonds is 5. The van der Waals surface area contributed by atoms with Gasteiger partial charge < -0.3 is 10.4 Å². The molecule has 3 rings (SSSR count). The summed E-state index contributed by atoms with van der Waals surface area (Å²) in [7, 11) is 1.51. The Labute approximate surface area is 168 Å². The number of nitrogens with one attached hydrogen (secondary N) is 1. The normalized spacial score (nSPS) is 10.8. The zero-order valence-corrected chi connectivity index (χ0v) is 16.0. The predicted molar refractivity (Wildman–Crippen MR) is 101 cm³/mol. The molecule has 0 fully saturated rings. The van der Waals surface area contributed by atoms with Crippen molar-refractivity contribution in [2.75, 3.05) is 5.32 Å². The van der Waals surface area contributed by atoms with E-state index in [0.717, 1.165) is 0 Å². The molecule has 0 saturated heterocycles. The second-order valence-corrected chi connectivity index (χ2v) is 6.77. The van der Waals surface area contributed by atoms with Crippen molar-refractivity contribution in [3.63, 3.8) is 0 Å². The van der Waals surface area contributed by atoms with E-state index in [2.05, 4.69) is 15.5 Å². The molecule has 0 radical (unpaired) electrons. The first-order valence-electron chi connectivity index (χ1n) is 7.50. The maximum Gasteiger partial charge on any atom is 0.357 e. The average molecular weight is 429 g/mol. The molecule has 0 aliphatic heterocycles. The van der Waals surface area contributed by atoms with E-state index < -0.39 is 11.9 Å². The zero-order valence-electron chi connectivity index (χ0n) is 13.8. The van der Waals surface area contributed by atoms with E-state index in [-0.39, 0.29) is 28.6 Å². The fraction of sp³-hybridized carbons (Fsp3) is 0.125. The molecule has 0 unspecified atom stereocenters. The third-order valence-electron chi connectivity index (χ3n) is 3.61. The number of aromatic nitrogens is 4. The molecular formula is C16H12Cl3N5O3. The molecule has 0 atom stereocenters. The van der Waals surface area contributed by atoms with Gasteiger partial charge in [-0.25, -0.2) is 4.79 Å². The quantitative estimate of drug-likeness (QED) is 0.647. The molecule has 0 aliphatic carbocycles. The Hall–Kier alpha value is -2.55. The number of halogens is 3. The van der Waals surface area contributed by atoms with Crippen molar-refractivity contribution >= 4 is 52.5 Å². The van der Waals surface area contributed by atoms with Crippen molar-refractivity contribution in [2.24, 2.45) is 7.05 Å². The summed E-state index contributed by atoms with van der Waals surface area (Å²) >= 11 is 18.4. The molecule has 11 heteroatoms. The molecule has 2 N–H and O–H groups in total. The standard InChI is InChI=1S/C16H12Cl3N5O3/c1-23-5-9(13(21-23)16(26)27)15(25)20-14-12(19)7-24(22-14)6-8-10(17)3-2-4-11(8)18/h2-5,7H,6H2,1H3,(H,26,27)(H,20,22,25). The summed E-state index contributed by atoms with van der Waals surface area (Å²) in [5.41, 5.74) is 0.177. The number of anilines is 1. The van der Waals surface area contributed by atoms with Crippen LogP contribution in [-0.2, 0) is 13.6 Å². The maximum absolute atomic E-state index is 12.4. The molecule has 1 aromatic carbocycles. The summed E-state index contributed by atoms with van der Waals surface area (Å²) in [4.78, 5) is 23.6. The van der Waals surface area contributed by atoms with Crippen LogP contribution in [0.15, 0.2) is 30.6 Å². The number of hydrogen-bond donors (Lipinski definition) is 2. The van der Waals surface area contributed by atoms with Gasteiger partial charge in [-0.3, -0.25) is 14.2 Å². The number of nitrogens with zero attached hydrogens (tertiary/aromatic N) is 4. The van der Waals surface area contributed by atoms with E-state index in [0.29, 0.717) is 15.6 Å². The number of carboxylic acids is 1. The van der Waals surface area contributed by atoms with Crippen LogP contribution in [0.25, 0.3) is 0 Å². The van der Waals surface area contributed by atoms with E-state index in [4.69, 9.17) is 39.9 Å². The highest BCUT2D eigenvalue weighted by Gasteiger charge is 2.22.